The molecule has 1 aliphatic carbocycles. The molecule has 1 atom stereocenters. The van der Waals surface area contributed by atoms with Crippen molar-refractivity contribution in [1.29, 1.82) is 0 Å². The van der Waals surface area contributed by atoms with Crippen molar-refractivity contribution in [3.05, 3.63) is 64.7 Å². The van der Waals surface area contributed by atoms with Crippen LogP contribution in [-0.4, -0.2) is 25.0 Å². The molecule has 0 saturated heterocycles. The number of sulfonamides is 1. The van der Waals surface area contributed by atoms with Crippen LogP contribution in [-0.2, 0) is 22.9 Å². The highest BCUT2D eigenvalue weighted by Crippen LogP contribution is 2.37. The van der Waals surface area contributed by atoms with E-state index in [-0.39, 0.29) is 22.2 Å². The van der Waals surface area contributed by atoms with E-state index in [1.54, 1.807) is 12.1 Å². The van der Waals surface area contributed by atoms with E-state index in [9.17, 15) is 8.42 Å². The molecule has 214 valence electrons. The monoisotopic (exact) mass is 561 g/mol. The number of hydrogen-bond acceptors (Lipinski definition) is 5. The van der Waals surface area contributed by atoms with Crippen LogP contribution < -0.4 is 9.46 Å². The Balaban J connectivity index is 1.62. The van der Waals surface area contributed by atoms with Crippen LogP contribution in [0.2, 0.25) is 0 Å². The second kappa shape index (κ2) is 11.5. The molecule has 1 fully saturated rings. The van der Waals surface area contributed by atoms with Gasteiger partial charge in [0.25, 0.3) is 10.0 Å². The van der Waals surface area contributed by atoms with Crippen molar-refractivity contribution in [2.24, 2.45) is 17.3 Å². The normalized spacial score (nSPS) is 19.6. The van der Waals surface area contributed by atoms with Crippen LogP contribution in [0.15, 0.2) is 47.4 Å². The number of ether oxygens (including phenoxy) is 1. The second-order valence-corrected chi connectivity index (χ2v) is 14.7. The minimum atomic E-state index is -3.88. The topological polar surface area (TPSA) is 81.2 Å². The molecular weight excluding hydrogens is 518 g/mol. The first-order valence-corrected chi connectivity index (χ1v) is 16.2. The van der Waals surface area contributed by atoms with Gasteiger partial charge in [-0.1, -0.05) is 83.2 Å². The third-order valence-corrected chi connectivity index (χ3v) is 9.57. The zero-order valence-corrected chi connectivity index (χ0v) is 25.4. The Kier molecular flexibility index (Phi) is 8.23. The second-order valence-electron chi connectivity index (χ2n) is 13.0. The summed E-state index contributed by atoms with van der Waals surface area (Å²) in [5.74, 6) is 1.35. The van der Waals surface area contributed by atoms with E-state index >= 15 is 0 Å². The van der Waals surface area contributed by atoms with Gasteiger partial charge in [-0.15, -0.1) is 0 Å². The largest absolute Gasteiger partial charge is 0.477 e. The van der Waals surface area contributed by atoms with E-state index in [0.717, 1.165) is 47.2 Å². The van der Waals surface area contributed by atoms with Crippen molar-refractivity contribution in [3.8, 4) is 17.1 Å². The quantitative estimate of drug-likeness (QED) is 0.353. The van der Waals surface area contributed by atoms with E-state index < -0.39 is 10.0 Å². The number of nitrogens with zero attached hydrogens (tertiary/aromatic N) is 2. The lowest BCUT2D eigenvalue weighted by Crippen LogP contribution is -2.23. The number of benzene rings is 2. The van der Waals surface area contributed by atoms with Gasteiger partial charge in [-0.3, -0.25) is 0 Å². The summed E-state index contributed by atoms with van der Waals surface area (Å²) in [7, 11) is -3.88. The molecule has 2 aromatic carbocycles. The van der Waals surface area contributed by atoms with Crippen molar-refractivity contribution in [2.45, 2.75) is 90.9 Å². The molecule has 2 heterocycles. The summed E-state index contributed by atoms with van der Waals surface area (Å²) in [5, 5.41) is 0. The molecule has 40 heavy (non-hydrogen) atoms. The molecule has 4 bridgehead atoms. The molecule has 6 nitrogen and oxygen atoms in total. The molecule has 0 radical (unpaired) electrons. The molecule has 5 rings (SSSR count). The molecule has 1 aromatic heterocycles. The average Bonchev–Trinajstić information content (AvgIpc) is 2.88. The highest BCUT2D eigenvalue weighted by molar-refractivity contribution is 7.92. The predicted molar refractivity (Wildman–Crippen MR) is 161 cm³/mol. The first kappa shape index (κ1) is 28.6. The maximum Gasteiger partial charge on any atom is 0.264 e. The summed E-state index contributed by atoms with van der Waals surface area (Å²) in [4.78, 5) is 9.68. The van der Waals surface area contributed by atoms with Gasteiger partial charge in [0.2, 0.25) is 11.8 Å². The van der Waals surface area contributed by atoms with E-state index in [1.165, 1.54) is 37.7 Å². The molecule has 1 aliphatic heterocycles. The van der Waals surface area contributed by atoms with Gasteiger partial charge in [-0.2, -0.15) is 4.98 Å². The van der Waals surface area contributed by atoms with Gasteiger partial charge in [0.05, 0.1) is 17.2 Å². The highest BCUT2D eigenvalue weighted by atomic mass is 32.2. The number of hydrogen-bond donors (Lipinski definition) is 1. The molecule has 1 N–H and O–H groups in total. The molecule has 0 spiro atoms. The third kappa shape index (κ3) is 6.68. The lowest BCUT2D eigenvalue weighted by Gasteiger charge is -2.27. The summed E-state index contributed by atoms with van der Waals surface area (Å²) in [6.07, 6.45) is 9.08. The maximum atomic E-state index is 13.5. The molecule has 2 aliphatic rings. The van der Waals surface area contributed by atoms with Crippen LogP contribution in [0.3, 0.4) is 0 Å². The van der Waals surface area contributed by atoms with E-state index in [4.69, 9.17) is 9.72 Å². The van der Waals surface area contributed by atoms with Crippen LogP contribution in [0.1, 0.15) is 81.5 Å². The third-order valence-electron chi connectivity index (χ3n) is 8.25. The summed E-state index contributed by atoms with van der Waals surface area (Å²) in [5.41, 5.74) is 6.11. The first-order chi connectivity index (χ1) is 19.0. The number of fused-ring (bicyclic) bond motifs is 4. The SMILES string of the molecule is Cc1cccc(CC2CCCCC2)c1-c1nc2nc(c1C)OC[C@@H](CC(C)(C)C)Cc1cccc(c1)S(=O)(=O)N2. The fourth-order valence-corrected chi connectivity index (χ4v) is 7.48. The number of aryl methyl sites for hydroxylation is 1. The van der Waals surface area contributed by atoms with Gasteiger partial charge in [-0.25, -0.2) is 18.1 Å². The van der Waals surface area contributed by atoms with E-state index in [1.807, 2.05) is 19.1 Å². The Labute approximate surface area is 240 Å². The van der Waals surface area contributed by atoms with Crippen molar-refractivity contribution in [3.63, 3.8) is 0 Å². The fourth-order valence-electron chi connectivity index (χ4n) is 6.47. The Hall–Kier alpha value is -2.93. The lowest BCUT2D eigenvalue weighted by atomic mass is 9.82. The van der Waals surface area contributed by atoms with Crippen molar-refractivity contribution in [2.75, 3.05) is 11.3 Å². The Morgan fingerprint density at radius 1 is 0.975 bits per heavy atom. The minimum Gasteiger partial charge on any atom is -0.477 e. The molecule has 0 unspecified atom stereocenters. The van der Waals surface area contributed by atoms with Crippen molar-refractivity contribution < 1.29 is 13.2 Å². The Morgan fingerprint density at radius 3 is 2.48 bits per heavy atom. The molecule has 7 heteroatoms. The summed E-state index contributed by atoms with van der Waals surface area (Å²) in [6.45, 7) is 11.3. The zero-order chi connectivity index (χ0) is 28.5. The molecular formula is C33H43N3O3S. The van der Waals surface area contributed by atoms with Gasteiger partial charge in [0, 0.05) is 11.1 Å². The van der Waals surface area contributed by atoms with Gasteiger partial charge in [0.15, 0.2) is 0 Å². The Morgan fingerprint density at radius 2 is 1.73 bits per heavy atom. The highest BCUT2D eigenvalue weighted by Gasteiger charge is 2.26. The maximum absolute atomic E-state index is 13.5. The number of anilines is 1. The van der Waals surface area contributed by atoms with Crippen LogP contribution in [0.25, 0.3) is 11.3 Å². The number of nitrogens with one attached hydrogen (secondary N) is 1. The summed E-state index contributed by atoms with van der Waals surface area (Å²) >= 11 is 0. The molecule has 0 amide bonds. The van der Waals surface area contributed by atoms with Gasteiger partial charge >= 0.3 is 0 Å². The van der Waals surface area contributed by atoms with Gasteiger partial charge < -0.3 is 4.74 Å². The van der Waals surface area contributed by atoms with Crippen LogP contribution in [0, 0.1) is 31.1 Å². The summed E-state index contributed by atoms with van der Waals surface area (Å²) in [6, 6.07) is 13.6. The van der Waals surface area contributed by atoms with Crippen LogP contribution in [0.4, 0.5) is 5.95 Å². The van der Waals surface area contributed by atoms with E-state index in [0.29, 0.717) is 18.4 Å². The van der Waals surface area contributed by atoms with Crippen molar-refractivity contribution in [1.82, 2.24) is 9.97 Å². The standard InChI is InChI=1S/C33H43N3O3S/c1-22-11-9-15-27(18-24-12-7-6-8-13-24)29(22)30-23(2)31-35-32(34-30)36-40(37,38)28-16-10-14-25(19-28)17-26(21-39-31)20-33(3,4)5/h9-11,14-16,19,24,26H,6-8,12-13,17-18,20-21H2,1-5H3,(H,34,35,36)/t26-/m1/s1. The van der Waals surface area contributed by atoms with Crippen LogP contribution >= 0.6 is 0 Å². The number of aromatic nitrogens is 2. The lowest BCUT2D eigenvalue weighted by molar-refractivity contribution is 0.188. The number of rotatable bonds is 4. The predicted octanol–water partition coefficient (Wildman–Crippen LogP) is 7.67. The first-order valence-electron chi connectivity index (χ1n) is 14.7. The van der Waals surface area contributed by atoms with Gasteiger partial charge in [-0.05, 0) is 79.2 Å². The minimum absolute atomic E-state index is 0.0424. The Bertz CT molecular complexity index is 1470. The van der Waals surface area contributed by atoms with Gasteiger partial charge in [0.1, 0.15) is 0 Å². The zero-order valence-electron chi connectivity index (χ0n) is 24.6. The fraction of sp³-hybridized carbons (Fsp3) is 0.515. The molecule has 1 saturated carbocycles. The van der Waals surface area contributed by atoms with Crippen LogP contribution in [0.5, 0.6) is 5.88 Å². The average molecular weight is 562 g/mol. The smallest absolute Gasteiger partial charge is 0.264 e. The van der Waals surface area contributed by atoms with Crippen molar-refractivity contribution >= 4 is 16.0 Å². The van der Waals surface area contributed by atoms with E-state index in [2.05, 4.69) is 55.6 Å². The summed E-state index contributed by atoms with van der Waals surface area (Å²) < 4.78 is 36.1. The molecule has 3 aromatic rings.